The second-order valence-corrected chi connectivity index (χ2v) is 3.81. The van der Waals surface area contributed by atoms with E-state index in [2.05, 4.69) is 9.36 Å². The summed E-state index contributed by atoms with van der Waals surface area (Å²) in [6, 6.07) is 5.46. The summed E-state index contributed by atoms with van der Waals surface area (Å²) in [5, 5.41) is 0.438. The summed E-state index contributed by atoms with van der Waals surface area (Å²) >= 11 is 1.16. The van der Waals surface area contributed by atoms with Gasteiger partial charge >= 0.3 is 0 Å². The molecule has 0 aliphatic rings. The van der Waals surface area contributed by atoms with Crippen LogP contribution in [0.25, 0.3) is 11.4 Å². The van der Waals surface area contributed by atoms with Crippen LogP contribution in [0.5, 0.6) is 11.5 Å². The predicted octanol–water partition coefficient (Wildman–Crippen LogP) is 1.80. The third-order valence-corrected chi connectivity index (χ3v) is 2.63. The van der Waals surface area contributed by atoms with Crippen molar-refractivity contribution in [1.29, 1.82) is 0 Å². The Bertz CT molecular complexity index is 499. The van der Waals surface area contributed by atoms with Crippen LogP contribution in [-0.2, 0) is 0 Å². The molecule has 2 rings (SSSR count). The molecular weight excluding hydrogens is 226 g/mol. The van der Waals surface area contributed by atoms with Crippen LogP contribution < -0.4 is 15.2 Å². The SMILES string of the molecule is COc1ccc(-c2nsc(N)n2)c(OC)c1. The first-order valence-corrected chi connectivity index (χ1v) is 5.33. The lowest BCUT2D eigenvalue weighted by atomic mass is 10.2. The number of nitrogen functional groups attached to an aromatic ring is 1. The molecule has 0 spiro atoms. The summed E-state index contributed by atoms with van der Waals surface area (Å²) < 4.78 is 14.5. The first-order valence-electron chi connectivity index (χ1n) is 4.56. The van der Waals surface area contributed by atoms with Gasteiger partial charge in [-0.25, -0.2) is 0 Å². The second kappa shape index (κ2) is 4.36. The van der Waals surface area contributed by atoms with Crippen molar-refractivity contribution in [3.05, 3.63) is 18.2 Å². The molecule has 1 aromatic carbocycles. The van der Waals surface area contributed by atoms with E-state index < -0.39 is 0 Å². The van der Waals surface area contributed by atoms with E-state index in [1.165, 1.54) is 0 Å². The number of hydrogen-bond acceptors (Lipinski definition) is 6. The van der Waals surface area contributed by atoms with Crippen molar-refractivity contribution in [3.63, 3.8) is 0 Å². The zero-order chi connectivity index (χ0) is 11.5. The van der Waals surface area contributed by atoms with Crippen LogP contribution in [-0.4, -0.2) is 23.6 Å². The summed E-state index contributed by atoms with van der Waals surface area (Å²) in [6.45, 7) is 0. The van der Waals surface area contributed by atoms with Gasteiger partial charge in [0, 0.05) is 17.6 Å². The highest BCUT2D eigenvalue weighted by atomic mass is 32.1. The van der Waals surface area contributed by atoms with Gasteiger partial charge in [0.05, 0.1) is 19.8 Å². The second-order valence-electron chi connectivity index (χ2n) is 3.02. The molecule has 0 radical (unpaired) electrons. The topological polar surface area (TPSA) is 70.3 Å². The molecule has 2 aromatic rings. The van der Waals surface area contributed by atoms with Crippen LogP contribution in [0.15, 0.2) is 18.2 Å². The number of rotatable bonds is 3. The molecule has 84 valence electrons. The predicted molar refractivity (Wildman–Crippen MR) is 62.9 cm³/mol. The quantitative estimate of drug-likeness (QED) is 0.881. The maximum atomic E-state index is 5.54. The van der Waals surface area contributed by atoms with Crippen molar-refractivity contribution in [2.45, 2.75) is 0 Å². The molecule has 0 saturated carbocycles. The molecule has 0 amide bonds. The van der Waals surface area contributed by atoms with Crippen LogP contribution in [0.4, 0.5) is 5.13 Å². The number of methoxy groups -OCH3 is 2. The molecule has 6 heteroatoms. The molecule has 5 nitrogen and oxygen atoms in total. The van der Waals surface area contributed by atoms with Crippen molar-refractivity contribution in [2.24, 2.45) is 0 Å². The minimum Gasteiger partial charge on any atom is -0.497 e. The van der Waals surface area contributed by atoms with Crippen molar-refractivity contribution in [1.82, 2.24) is 9.36 Å². The van der Waals surface area contributed by atoms with Gasteiger partial charge < -0.3 is 15.2 Å². The smallest absolute Gasteiger partial charge is 0.200 e. The maximum Gasteiger partial charge on any atom is 0.200 e. The molecule has 2 N–H and O–H groups in total. The van der Waals surface area contributed by atoms with Crippen LogP contribution in [0.3, 0.4) is 0 Å². The Morgan fingerprint density at radius 1 is 1.25 bits per heavy atom. The fourth-order valence-electron chi connectivity index (χ4n) is 1.33. The van der Waals surface area contributed by atoms with Gasteiger partial charge in [-0.05, 0) is 12.1 Å². The van der Waals surface area contributed by atoms with Crippen LogP contribution in [0, 0.1) is 0 Å². The first kappa shape index (κ1) is 10.7. The highest BCUT2D eigenvalue weighted by Crippen LogP contribution is 2.32. The van der Waals surface area contributed by atoms with E-state index in [9.17, 15) is 0 Å². The summed E-state index contributed by atoms with van der Waals surface area (Å²) in [5.74, 6) is 1.96. The largest absolute Gasteiger partial charge is 0.497 e. The number of nitrogens with zero attached hydrogens (tertiary/aromatic N) is 2. The van der Waals surface area contributed by atoms with Crippen LogP contribution in [0.1, 0.15) is 0 Å². The summed E-state index contributed by atoms with van der Waals surface area (Å²) in [6.07, 6.45) is 0. The van der Waals surface area contributed by atoms with E-state index in [1.54, 1.807) is 20.3 Å². The van der Waals surface area contributed by atoms with Gasteiger partial charge in [-0.15, -0.1) is 0 Å². The fourth-order valence-corrected chi connectivity index (χ4v) is 1.77. The molecule has 0 bridgehead atoms. The molecule has 0 aliphatic carbocycles. The third-order valence-electron chi connectivity index (χ3n) is 2.09. The number of anilines is 1. The van der Waals surface area contributed by atoms with Gasteiger partial charge in [-0.2, -0.15) is 9.36 Å². The Morgan fingerprint density at radius 2 is 2.06 bits per heavy atom. The average Bonchev–Trinajstić information content (AvgIpc) is 2.74. The Balaban J connectivity index is 2.48. The van der Waals surface area contributed by atoms with E-state index in [-0.39, 0.29) is 0 Å². The van der Waals surface area contributed by atoms with E-state index >= 15 is 0 Å². The van der Waals surface area contributed by atoms with Gasteiger partial charge in [0.25, 0.3) is 0 Å². The Morgan fingerprint density at radius 3 is 2.62 bits per heavy atom. The molecule has 0 fully saturated rings. The minimum atomic E-state index is 0.438. The summed E-state index contributed by atoms with van der Waals surface area (Å²) in [4.78, 5) is 4.11. The molecule has 0 saturated heterocycles. The molecule has 1 aromatic heterocycles. The molecule has 0 unspecified atom stereocenters. The minimum absolute atomic E-state index is 0.438. The lowest BCUT2D eigenvalue weighted by Crippen LogP contribution is -1.91. The standard InChI is InChI=1S/C10H11N3O2S/c1-14-6-3-4-7(8(5-6)15-2)9-12-10(11)16-13-9/h3-5H,1-2H3,(H2,11,12,13). The number of ether oxygens (including phenoxy) is 2. The molecule has 0 atom stereocenters. The van der Waals surface area contributed by atoms with Gasteiger partial charge in [0.1, 0.15) is 11.5 Å². The normalized spacial score (nSPS) is 10.1. The number of aromatic nitrogens is 2. The van der Waals surface area contributed by atoms with Gasteiger partial charge in [-0.3, -0.25) is 0 Å². The van der Waals surface area contributed by atoms with E-state index in [0.717, 1.165) is 22.8 Å². The molecular formula is C10H11N3O2S. The monoisotopic (exact) mass is 237 g/mol. The summed E-state index contributed by atoms with van der Waals surface area (Å²) in [7, 11) is 3.20. The van der Waals surface area contributed by atoms with E-state index in [1.807, 2.05) is 12.1 Å². The highest BCUT2D eigenvalue weighted by molar-refractivity contribution is 7.09. The molecule has 1 heterocycles. The Labute approximate surface area is 97.0 Å². The molecule has 0 aliphatic heterocycles. The van der Waals surface area contributed by atoms with Crippen molar-refractivity contribution in [3.8, 4) is 22.9 Å². The van der Waals surface area contributed by atoms with Crippen molar-refractivity contribution in [2.75, 3.05) is 20.0 Å². The Hall–Kier alpha value is -1.82. The molecule has 16 heavy (non-hydrogen) atoms. The highest BCUT2D eigenvalue weighted by Gasteiger charge is 2.11. The lowest BCUT2D eigenvalue weighted by molar-refractivity contribution is 0.395. The van der Waals surface area contributed by atoms with E-state index in [4.69, 9.17) is 15.2 Å². The van der Waals surface area contributed by atoms with Gasteiger partial charge in [0.15, 0.2) is 11.0 Å². The Kier molecular flexibility index (Phi) is 2.91. The van der Waals surface area contributed by atoms with E-state index in [0.29, 0.717) is 16.7 Å². The van der Waals surface area contributed by atoms with Crippen molar-refractivity contribution >= 4 is 16.7 Å². The van der Waals surface area contributed by atoms with Crippen LogP contribution in [0.2, 0.25) is 0 Å². The van der Waals surface area contributed by atoms with Gasteiger partial charge in [-0.1, -0.05) is 0 Å². The average molecular weight is 237 g/mol. The third kappa shape index (κ3) is 1.92. The number of hydrogen-bond donors (Lipinski definition) is 1. The zero-order valence-electron chi connectivity index (χ0n) is 8.93. The zero-order valence-corrected chi connectivity index (χ0v) is 9.75. The summed E-state index contributed by atoms with van der Waals surface area (Å²) in [5.41, 5.74) is 6.35. The number of benzene rings is 1. The van der Waals surface area contributed by atoms with Crippen LogP contribution >= 0.6 is 11.5 Å². The maximum absolute atomic E-state index is 5.54. The fraction of sp³-hybridized carbons (Fsp3) is 0.200. The van der Waals surface area contributed by atoms with Crippen molar-refractivity contribution < 1.29 is 9.47 Å². The van der Waals surface area contributed by atoms with Gasteiger partial charge in [0.2, 0.25) is 0 Å². The number of nitrogens with two attached hydrogens (primary N) is 1. The first-order chi connectivity index (χ1) is 7.74. The lowest BCUT2D eigenvalue weighted by Gasteiger charge is -2.07.